The van der Waals surface area contributed by atoms with E-state index in [0.717, 1.165) is 12.0 Å². The number of carbonyl (C=O) groups is 1. The number of nitrogens with zero attached hydrogens (tertiary/aromatic N) is 2. The van der Waals surface area contributed by atoms with Gasteiger partial charge in [-0.05, 0) is 48.4 Å². The number of pyridine rings is 1. The molecule has 0 radical (unpaired) electrons. The molecule has 6 nitrogen and oxygen atoms in total. The number of carbonyl (C=O) groups excluding carboxylic acids is 1. The number of hydrogen-bond donors (Lipinski definition) is 1. The molecule has 0 aliphatic rings. The molecule has 1 aromatic carbocycles. The van der Waals surface area contributed by atoms with Gasteiger partial charge in [-0.3, -0.25) is 9.78 Å². The van der Waals surface area contributed by atoms with E-state index in [2.05, 4.69) is 15.3 Å². The Bertz CT molecular complexity index is 850. The monoisotopic (exact) mass is 355 g/mol. The van der Waals surface area contributed by atoms with Gasteiger partial charge in [0.1, 0.15) is 17.8 Å². The average Bonchev–Trinajstić information content (AvgIpc) is 3.15. The van der Waals surface area contributed by atoms with Gasteiger partial charge in [-0.1, -0.05) is 6.92 Å². The number of oxazole rings is 1. The fraction of sp³-hybridized carbons (Fsp3) is 0.211. The third kappa shape index (κ3) is 4.44. The van der Waals surface area contributed by atoms with Crippen LogP contribution < -0.4 is 10.1 Å². The summed E-state index contributed by atoms with van der Waals surface area (Å²) in [6.45, 7) is 2.02. The fourth-order valence-electron chi connectivity index (χ4n) is 2.41. The molecule has 26 heavy (non-hydrogen) atoms. The minimum atomic E-state index is -0.341. The summed E-state index contributed by atoms with van der Waals surface area (Å²) < 4.78 is 23.6. The second-order valence-corrected chi connectivity index (χ2v) is 5.58. The first kappa shape index (κ1) is 17.6. The van der Waals surface area contributed by atoms with E-state index < -0.39 is 0 Å². The van der Waals surface area contributed by atoms with Crippen LogP contribution in [0.25, 0.3) is 0 Å². The maximum Gasteiger partial charge on any atom is 0.273 e. The van der Waals surface area contributed by atoms with Gasteiger partial charge in [0, 0.05) is 12.4 Å². The number of benzene rings is 1. The number of amides is 1. The molecule has 134 valence electrons. The maximum atomic E-state index is 12.9. The summed E-state index contributed by atoms with van der Waals surface area (Å²) in [5.41, 5.74) is 1.15. The Hall–Kier alpha value is -3.22. The van der Waals surface area contributed by atoms with Crippen molar-refractivity contribution in [1.82, 2.24) is 15.3 Å². The fourth-order valence-corrected chi connectivity index (χ4v) is 2.41. The van der Waals surface area contributed by atoms with Crippen molar-refractivity contribution in [2.24, 2.45) is 0 Å². The van der Waals surface area contributed by atoms with Gasteiger partial charge in [0.2, 0.25) is 5.89 Å². The smallest absolute Gasteiger partial charge is 0.273 e. The summed E-state index contributed by atoms with van der Waals surface area (Å²) in [5.74, 6) is 0.0771. The number of nitrogens with one attached hydrogen (secondary N) is 1. The van der Waals surface area contributed by atoms with E-state index in [9.17, 15) is 9.18 Å². The van der Waals surface area contributed by atoms with Crippen LogP contribution in [0.2, 0.25) is 0 Å². The van der Waals surface area contributed by atoms with E-state index in [4.69, 9.17) is 9.15 Å². The molecule has 1 N–H and O–H groups in total. The topological polar surface area (TPSA) is 77.2 Å². The molecule has 0 saturated carbocycles. The summed E-state index contributed by atoms with van der Waals surface area (Å²) in [4.78, 5) is 20.5. The summed E-state index contributed by atoms with van der Waals surface area (Å²) in [7, 11) is 0. The van der Waals surface area contributed by atoms with Crippen molar-refractivity contribution in [2.75, 3.05) is 0 Å². The van der Waals surface area contributed by atoms with Crippen molar-refractivity contribution in [3.05, 3.63) is 78.0 Å². The SMILES string of the molecule is CC[C@H](NC(=O)c1coc(COc2ccc(F)cc2)n1)c1ccncc1. The summed E-state index contributed by atoms with van der Waals surface area (Å²) >= 11 is 0. The van der Waals surface area contributed by atoms with Gasteiger partial charge in [-0.2, -0.15) is 0 Å². The molecule has 1 atom stereocenters. The third-order valence-corrected chi connectivity index (χ3v) is 3.78. The zero-order valence-corrected chi connectivity index (χ0v) is 14.2. The van der Waals surface area contributed by atoms with Crippen LogP contribution in [-0.4, -0.2) is 15.9 Å². The Labute approximate surface area is 150 Å². The Morgan fingerprint density at radius 3 is 2.65 bits per heavy atom. The van der Waals surface area contributed by atoms with Gasteiger partial charge < -0.3 is 14.5 Å². The average molecular weight is 355 g/mol. The van der Waals surface area contributed by atoms with Gasteiger partial charge in [-0.15, -0.1) is 0 Å². The second-order valence-electron chi connectivity index (χ2n) is 5.58. The van der Waals surface area contributed by atoms with E-state index >= 15 is 0 Å². The van der Waals surface area contributed by atoms with Crippen molar-refractivity contribution in [3.8, 4) is 5.75 Å². The number of ether oxygens (including phenoxy) is 1. The molecule has 0 unspecified atom stereocenters. The first-order valence-corrected chi connectivity index (χ1v) is 8.19. The molecule has 7 heteroatoms. The van der Waals surface area contributed by atoms with E-state index in [-0.39, 0.29) is 36.0 Å². The number of hydrogen-bond acceptors (Lipinski definition) is 5. The zero-order valence-electron chi connectivity index (χ0n) is 14.2. The van der Waals surface area contributed by atoms with Crippen molar-refractivity contribution < 1.29 is 18.3 Å². The predicted molar refractivity (Wildman–Crippen MR) is 92.0 cm³/mol. The van der Waals surface area contributed by atoms with Crippen LogP contribution in [0, 0.1) is 5.82 Å². The highest BCUT2D eigenvalue weighted by Gasteiger charge is 2.17. The first-order valence-electron chi connectivity index (χ1n) is 8.19. The zero-order chi connectivity index (χ0) is 18.4. The van der Waals surface area contributed by atoms with Crippen molar-refractivity contribution in [3.63, 3.8) is 0 Å². The molecule has 0 aliphatic carbocycles. The molecule has 2 aromatic heterocycles. The van der Waals surface area contributed by atoms with Crippen molar-refractivity contribution >= 4 is 5.91 Å². The van der Waals surface area contributed by atoms with Gasteiger partial charge in [0.15, 0.2) is 12.3 Å². The molecule has 3 rings (SSSR count). The lowest BCUT2D eigenvalue weighted by atomic mass is 10.1. The Balaban J connectivity index is 1.59. The normalized spacial score (nSPS) is 11.8. The van der Waals surface area contributed by atoms with E-state index in [1.54, 1.807) is 12.4 Å². The van der Waals surface area contributed by atoms with Crippen molar-refractivity contribution in [2.45, 2.75) is 26.0 Å². The van der Waals surface area contributed by atoms with Crippen LogP contribution >= 0.6 is 0 Å². The molecule has 1 amide bonds. The van der Waals surface area contributed by atoms with Gasteiger partial charge >= 0.3 is 0 Å². The lowest BCUT2D eigenvalue weighted by molar-refractivity contribution is 0.0930. The summed E-state index contributed by atoms with van der Waals surface area (Å²) in [6, 6.07) is 9.19. The van der Waals surface area contributed by atoms with Crippen LogP contribution in [0.1, 0.15) is 41.3 Å². The Morgan fingerprint density at radius 2 is 1.96 bits per heavy atom. The molecule has 2 heterocycles. The van der Waals surface area contributed by atoms with Gasteiger partial charge in [0.05, 0.1) is 6.04 Å². The minimum absolute atomic E-state index is 0.0421. The largest absolute Gasteiger partial charge is 0.484 e. The Kier molecular flexibility index (Phi) is 5.58. The van der Waals surface area contributed by atoms with Crippen molar-refractivity contribution in [1.29, 1.82) is 0 Å². The highest BCUT2D eigenvalue weighted by molar-refractivity contribution is 5.92. The number of aromatic nitrogens is 2. The quantitative estimate of drug-likeness (QED) is 0.700. The highest BCUT2D eigenvalue weighted by atomic mass is 19.1. The molecule has 3 aromatic rings. The summed E-state index contributed by atoms with van der Waals surface area (Å²) in [5, 5.41) is 2.92. The lowest BCUT2D eigenvalue weighted by Crippen LogP contribution is -2.28. The number of rotatable bonds is 7. The number of halogens is 1. The van der Waals surface area contributed by atoms with Crippen LogP contribution in [0.15, 0.2) is 59.5 Å². The molecular formula is C19H18FN3O3. The highest BCUT2D eigenvalue weighted by Crippen LogP contribution is 2.17. The van der Waals surface area contributed by atoms with Crippen LogP contribution in [0.5, 0.6) is 5.75 Å². The van der Waals surface area contributed by atoms with E-state index in [0.29, 0.717) is 5.75 Å². The molecule has 0 bridgehead atoms. The Morgan fingerprint density at radius 1 is 1.23 bits per heavy atom. The lowest BCUT2D eigenvalue weighted by Gasteiger charge is -2.16. The maximum absolute atomic E-state index is 12.9. The van der Waals surface area contributed by atoms with Crippen LogP contribution in [0.3, 0.4) is 0 Å². The van der Waals surface area contributed by atoms with E-state index in [1.807, 2.05) is 19.1 Å². The van der Waals surface area contributed by atoms with Crippen LogP contribution in [-0.2, 0) is 6.61 Å². The molecule has 0 fully saturated rings. The summed E-state index contributed by atoms with van der Waals surface area (Å²) in [6.07, 6.45) is 5.39. The van der Waals surface area contributed by atoms with Crippen LogP contribution in [0.4, 0.5) is 4.39 Å². The molecule has 0 saturated heterocycles. The van der Waals surface area contributed by atoms with E-state index in [1.165, 1.54) is 30.5 Å². The van der Waals surface area contributed by atoms with Gasteiger partial charge in [0.25, 0.3) is 5.91 Å². The first-order chi connectivity index (χ1) is 12.7. The predicted octanol–water partition coefficient (Wildman–Crippen LogP) is 3.67. The molecular weight excluding hydrogens is 337 g/mol. The molecule has 0 spiro atoms. The van der Waals surface area contributed by atoms with Gasteiger partial charge in [-0.25, -0.2) is 9.37 Å². The third-order valence-electron chi connectivity index (χ3n) is 3.78. The second kappa shape index (κ2) is 8.24. The molecule has 0 aliphatic heterocycles. The standard InChI is InChI=1S/C19H18FN3O3/c1-2-16(13-7-9-21-10-8-13)23-19(24)17-11-26-18(22-17)12-25-15-5-3-14(20)4-6-15/h3-11,16H,2,12H2,1H3,(H,23,24)/t16-/m0/s1. The minimum Gasteiger partial charge on any atom is -0.484 e.